The number of hydrogen-bond donors (Lipinski definition) is 1. The molecule has 0 bridgehead atoms. The lowest BCUT2D eigenvalue weighted by Gasteiger charge is -2.08. The zero-order valence-electron chi connectivity index (χ0n) is 17.1. The molecule has 0 radical (unpaired) electrons. The monoisotopic (exact) mass is 530 g/mol. The van der Waals surface area contributed by atoms with Gasteiger partial charge in [0.2, 0.25) is 0 Å². The van der Waals surface area contributed by atoms with E-state index in [9.17, 15) is 0 Å². The largest absolute Gasteiger partial charge is 0.328 e. The first-order valence-corrected chi connectivity index (χ1v) is 13.8. The summed E-state index contributed by atoms with van der Waals surface area (Å²) in [5.74, 6) is 0.747. The van der Waals surface area contributed by atoms with Crippen LogP contribution in [-0.4, -0.2) is 32.7 Å². The lowest BCUT2D eigenvalue weighted by Crippen LogP contribution is -2.01. The van der Waals surface area contributed by atoms with Gasteiger partial charge in [-0.3, -0.25) is 9.38 Å². The van der Waals surface area contributed by atoms with Gasteiger partial charge in [0.1, 0.15) is 5.00 Å². The first-order chi connectivity index (χ1) is 14.7. The SMILES string of the molecule is CC/C=C(\C=IC)c1cnc2c(Nc3cc(Cc4ccccn4)ns3)nc(C)cn12. The highest BCUT2D eigenvalue weighted by Crippen LogP contribution is 2.27. The number of anilines is 2. The molecule has 30 heavy (non-hydrogen) atoms. The maximum atomic E-state index is 4.70. The van der Waals surface area contributed by atoms with Crippen LogP contribution in [0.1, 0.15) is 36.1 Å². The second-order valence-corrected chi connectivity index (χ2v) is 9.44. The number of allylic oxidation sites excluding steroid dienone is 2. The highest BCUT2D eigenvalue weighted by molar-refractivity contribution is 14.2. The fourth-order valence-corrected chi connectivity index (χ4v) is 5.12. The van der Waals surface area contributed by atoms with E-state index in [0.29, 0.717) is 6.42 Å². The smallest absolute Gasteiger partial charge is 0.180 e. The van der Waals surface area contributed by atoms with Crippen molar-refractivity contribution in [2.24, 2.45) is 0 Å². The Labute approximate surface area is 190 Å². The normalized spacial score (nSPS) is 12.4. The third kappa shape index (κ3) is 4.65. The van der Waals surface area contributed by atoms with Crippen molar-refractivity contribution >= 4 is 58.3 Å². The number of fused-ring (bicyclic) bond motifs is 1. The standard InChI is InChI=1S/C22H23IN6S/c1-4-7-16(12-23-3)19-13-25-22-21(26-15(2)14-29(19)22)27-20-11-18(28-30-20)10-17-8-5-6-9-24-17/h5-9,11-14H,4,10H2,1-3H3,(H,26,27)/b16-7+. The van der Waals surface area contributed by atoms with Crippen LogP contribution in [0.3, 0.4) is 0 Å². The van der Waals surface area contributed by atoms with Gasteiger partial charge >= 0.3 is 0 Å². The molecule has 4 heterocycles. The Morgan fingerprint density at radius 2 is 2.17 bits per heavy atom. The topological polar surface area (TPSA) is 68.0 Å². The molecule has 0 aliphatic rings. The molecule has 0 fully saturated rings. The van der Waals surface area contributed by atoms with E-state index in [1.165, 1.54) is 17.1 Å². The average molecular weight is 530 g/mol. The molecule has 0 aliphatic heterocycles. The Hall–Kier alpha value is -2.46. The Kier molecular flexibility index (Phi) is 6.63. The van der Waals surface area contributed by atoms with E-state index >= 15 is 0 Å². The number of aromatic nitrogens is 5. The maximum Gasteiger partial charge on any atom is 0.180 e. The molecular weight excluding hydrogens is 507 g/mol. The molecular formula is C22H23IN6S. The summed E-state index contributed by atoms with van der Waals surface area (Å²) >= 11 is 1.47. The van der Waals surface area contributed by atoms with Crippen LogP contribution < -0.4 is 5.32 Å². The van der Waals surface area contributed by atoms with Gasteiger partial charge in [-0.05, 0) is 52.0 Å². The fourth-order valence-electron chi connectivity index (χ4n) is 3.21. The molecule has 0 aliphatic carbocycles. The van der Waals surface area contributed by atoms with E-state index in [-0.39, 0.29) is 20.7 Å². The van der Waals surface area contributed by atoms with Gasteiger partial charge in [0.25, 0.3) is 0 Å². The average Bonchev–Trinajstić information content (AvgIpc) is 3.35. The van der Waals surface area contributed by atoms with Crippen molar-refractivity contribution in [1.82, 2.24) is 23.7 Å². The summed E-state index contributed by atoms with van der Waals surface area (Å²) in [6, 6.07) is 7.99. The lowest BCUT2D eigenvalue weighted by atomic mass is 10.2. The van der Waals surface area contributed by atoms with Crippen LogP contribution in [0.2, 0.25) is 0 Å². The quantitative estimate of drug-likeness (QED) is 0.255. The van der Waals surface area contributed by atoms with Gasteiger partial charge in [-0.15, -0.1) is 20.7 Å². The van der Waals surface area contributed by atoms with Crippen LogP contribution in [-0.2, 0) is 6.42 Å². The number of hydrogen-bond acceptors (Lipinski definition) is 6. The summed E-state index contributed by atoms with van der Waals surface area (Å²) < 4.78 is 9.05. The number of imidazole rings is 1. The van der Waals surface area contributed by atoms with E-state index in [2.05, 4.69) is 52.1 Å². The van der Waals surface area contributed by atoms with Crippen LogP contribution in [0.15, 0.2) is 48.9 Å². The van der Waals surface area contributed by atoms with Crippen molar-refractivity contribution in [2.45, 2.75) is 26.7 Å². The zero-order chi connectivity index (χ0) is 20.9. The predicted molar refractivity (Wildman–Crippen MR) is 134 cm³/mol. The molecule has 8 heteroatoms. The van der Waals surface area contributed by atoms with Crippen molar-refractivity contribution in [3.05, 3.63) is 71.7 Å². The molecule has 4 aromatic rings. The summed E-state index contributed by atoms with van der Waals surface area (Å²) in [6.45, 7) is 4.17. The summed E-state index contributed by atoms with van der Waals surface area (Å²) in [6.07, 6.45) is 9.78. The molecule has 0 saturated heterocycles. The molecule has 6 nitrogen and oxygen atoms in total. The number of alkyl halides is 1. The predicted octanol–water partition coefficient (Wildman–Crippen LogP) is 5.42. The first kappa shape index (κ1) is 20.8. The van der Waals surface area contributed by atoms with Crippen molar-refractivity contribution in [2.75, 3.05) is 10.2 Å². The van der Waals surface area contributed by atoms with Gasteiger partial charge in [-0.25, -0.2) is 9.97 Å². The van der Waals surface area contributed by atoms with Gasteiger partial charge in [0.05, 0.1) is 23.3 Å². The molecule has 0 atom stereocenters. The van der Waals surface area contributed by atoms with Gasteiger partial charge in [0, 0.05) is 30.1 Å². The van der Waals surface area contributed by atoms with Crippen LogP contribution in [0.4, 0.5) is 10.8 Å². The number of halogens is 1. The van der Waals surface area contributed by atoms with E-state index in [1.807, 2.05) is 43.7 Å². The number of aryl methyl sites for hydroxylation is 1. The molecule has 4 rings (SSSR count). The minimum absolute atomic E-state index is 0.0389. The Morgan fingerprint density at radius 1 is 1.27 bits per heavy atom. The minimum atomic E-state index is 0.0389. The Morgan fingerprint density at radius 3 is 2.93 bits per heavy atom. The zero-order valence-corrected chi connectivity index (χ0v) is 20.1. The van der Waals surface area contributed by atoms with Gasteiger partial charge < -0.3 is 5.32 Å². The summed E-state index contributed by atoms with van der Waals surface area (Å²) in [4.78, 5) is 16.0. The van der Waals surface area contributed by atoms with Crippen LogP contribution >= 0.6 is 32.3 Å². The van der Waals surface area contributed by atoms with E-state index in [4.69, 9.17) is 4.98 Å². The van der Waals surface area contributed by atoms with Crippen molar-refractivity contribution < 1.29 is 0 Å². The van der Waals surface area contributed by atoms with Gasteiger partial charge in [-0.2, -0.15) is 4.37 Å². The molecule has 0 unspecified atom stereocenters. The number of nitrogens with zero attached hydrogens (tertiary/aromatic N) is 5. The fraction of sp³-hybridized carbons (Fsp3) is 0.227. The number of pyridine rings is 1. The van der Waals surface area contributed by atoms with E-state index in [1.54, 1.807) is 0 Å². The summed E-state index contributed by atoms with van der Waals surface area (Å²) in [7, 11) is 0. The molecule has 1 N–H and O–H groups in total. The van der Waals surface area contributed by atoms with Crippen molar-refractivity contribution in [3.8, 4) is 0 Å². The lowest BCUT2D eigenvalue weighted by molar-refractivity contribution is 1.04. The number of rotatable bonds is 7. The summed E-state index contributed by atoms with van der Waals surface area (Å²) in [5.41, 5.74) is 6.12. The van der Waals surface area contributed by atoms with Gasteiger partial charge in [-0.1, -0.05) is 19.1 Å². The molecule has 0 spiro atoms. The highest BCUT2D eigenvalue weighted by atomic mass is 127. The Bertz CT molecular complexity index is 1210. The second-order valence-electron chi connectivity index (χ2n) is 6.77. The molecule has 0 saturated carbocycles. The molecule has 4 aromatic heterocycles. The molecule has 0 aromatic carbocycles. The first-order valence-electron chi connectivity index (χ1n) is 9.67. The second kappa shape index (κ2) is 9.57. The molecule has 154 valence electrons. The van der Waals surface area contributed by atoms with Crippen LogP contribution in [0.25, 0.3) is 11.2 Å². The van der Waals surface area contributed by atoms with Crippen LogP contribution in [0, 0.1) is 6.92 Å². The summed E-state index contributed by atoms with van der Waals surface area (Å²) in [5, 5.41) is 4.37. The van der Waals surface area contributed by atoms with Crippen molar-refractivity contribution in [1.29, 1.82) is 0 Å². The minimum Gasteiger partial charge on any atom is -0.328 e. The number of nitrogens with one attached hydrogen (secondary N) is 1. The third-order valence-electron chi connectivity index (χ3n) is 4.45. The maximum absolute atomic E-state index is 4.70. The third-order valence-corrected chi connectivity index (χ3v) is 6.48. The van der Waals surface area contributed by atoms with E-state index in [0.717, 1.165) is 45.7 Å². The molecule has 0 amide bonds. The van der Waals surface area contributed by atoms with E-state index < -0.39 is 0 Å². The highest BCUT2D eigenvalue weighted by Gasteiger charge is 2.14. The van der Waals surface area contributed by atoms with Crippen molar-refractivity contribution in [3.63, 3.8) is 0 Å². The van der Waals surface area contributed by atoms with Gasteiger partial charge in [0.15, 0.2) is 11.5 Å². The Balaban J connectivity index is 1.65. The van der Waals surface area contributed by atoms with Crippen LogP contribution in [0.5, 0.6) is 0 Å².